The monoisotopic (exact) mass is 333 g/mol. The number of aryl methyl sites for hydroxylation is 1. The number of amides is 1. The van der Waals surface area contributed by atoms with Crippen molar-refractivity contribution in [2.24, 2.45) is 0 Å². The smallest absolute Gasteiger partial charge is 0.227 e. The summed E-state index contributed by atoms with van der Waals surface area (Å²) in [6.07, 6.45) is 1.31. The van der Waals surface area contributed by atoms with Crippen LogP contribution in [0.25, 0.3) is 0 Å². The van der Waals surface area contributed by atoms with Gasteiger partial charge in [0.05, 0.1) is 17.9 Å². The summed E-state index contributed by atoms with van der Waals surface area (Å²) in [4.78, 5) is 12.0. The minimum atomic E-state index is -3.29. The summed E-state index contributed by atoms with van der Waals surface area (Å²) in [5.74, 6) is 0.477. The van der Waals surface area contributed by atoms with Gasteiger partial charge < -0.3 is 10.1 Å². The molecule has 2 aromatic rings. The molecular weight excluding hydrogens is 314 g/mol. The maximum atomic E-state index is 11.9. The zero-order chi connectivity index (χ0) is 16.9. The van der Waals surface area contributed by atoms with Crippen LogP contribution < -0.4 is 10.1 Å². The molecular formula is C17H19NO4S. The molecule has 5 nitrogen and oxygen atoms in total. The van der Waals surface area contributed by atoms with E-state index >= 15 is 0 Å². The number of rotatable bonds is 6. The molecule has 0 heterocycles. The lowest BCUT2D eigenvalue weighted by atomic mass is 10.2. The topological polar surface area (TPSA) is 72.5 Å². The minimum absolute atomic E-state index is 0.172. The summed E-state index contributed by atoms with van der Waals surface area (Å²) in [6.45, 7) is 2.24. The first-order chi connectivity index (χ1) is 10.8. The van der Waals surface area contributed by atoms with Gasteiger partial charge in [-0.05, 0) is 37.3 Å². The Morgan fingerprint density at radius 1 is 1.13 bits per heavy atom. The number of carbonyl (C=O) groups is 1. The molecule has 0 atom stereocenters. The van der Waals surface area contributed by atoms with Crippen molar-refractivity contribution >= 4 is 21.4 Å². The van der Waals surface area contributed by atoms with Crippen LogP contribution >= 0.6 is 0 Å². The molecule has 6 heteroatoms. The minimum Gasteiger partial charge on any atom is -0.493 e. The Bertz CT molecular complexity index is 782. The number of benzene rings is 2. The second-order valence-electron chi connectivity index (χ2n) is 5.26. The van der Waals surface area contributed by atoms with E-state index in [1.165, 1.54) is 12.1 Å². The molecule has 0 saturated carbocycles. The largest absolute Gasteiger partial charge is 0.493 e. The van der Waals surface area contributed by atoms with Gasteiger partial charge in [0, 0.05) is 11.9 Å². The summed E-state index contributed by atoms with van der Waals surface area (Å²) < 4.78 is 28.5. The van der Waals surface area contributed by atoms with E-state index in [-0.39, 0.29) is 23.8 Å². The molecule has 0 saturated heterocycles. The van der Waals surface area contributed by atoms with Gasteiger partial charge in [-0.1, -0.05) is 23.8 Å². The number of hydrogen-bond acceptors (Lipinski definition) is 4. The van der Waals surface area contributed by atoms with Gasteiger partial charge in [0.1, 0.15) is 5.75 Å². The fraction of sp³-hybridized carbons (Fsp3) is 0.235. The molecule has 0 aliphatic carbocycles. The molecule has 2 rings (SSSR count). The number of carbonyl (C=O) groups excluding carboxylic acids is 1. The van der Waals surface area contributed by atoms with E-state index < -0.39 is 9.84 Å². The van der Waals surface area contributed by atoms with Gasteiger partial charge in [0.25, 0.3) is 0 Å². The second-order valence-corrected chi connectivity index (χ2v) is 7.28. The average molecular weight is 333 g/mol. The highest BCUT2D eigenvalue weighted by atomic mass is 32.2. The van der Waals surface area contributed by atoms with E-state index in [4.69, 9.17) is 4.74 Å². The van der Waals surface area contributed by atoms with Crippen LogP contribution in [0.1, 0.15) is 12.0 Å². The van der Waals surface area contributed by atoms with Gasteiger partial charge in [-0.25, -0.2) is 8.42 Å². The standard InChI is InChI=1S/C17H19NO4S/c1-13-6-8-15(9-7-13)22-11-10-17(19)18-14-4-3-5-16(12-14)23(2,20)21/h3-9,12H,10-11H2,1-2H3,(H,18,19). The van der Waals surface area contributed by atoms with Crippen molar-refractivity contribution < 1.29 is 17.9 Å². The van der Waals surface area contributed by atoms with Crippen molar-refractivity contribution in [1.82, 2.24) is 0 Å². The number of ether oxygens (including phenoxy) is 1. The van der Waals surface area contributed by atoms with Crippen LogP contribution in [0.5, 0.6) is 5.75 Å². The summed E-state index contributed by atoms with van der Waals surface area (Å²) >= 11 is 0. The van der Waals surface area contributed by atoms with E-state index in [0.29, 0.717) is 11.4 Å². The average Bonchev–Trinajstić information content (AvgIpc) is 2.49. The predicted octanol–water partition coefficient (Wildman–Crippen LogP) is 2.81. The Labute approximate surface area is 136 Å². The van der Waals surface area contributed by atoms with E-state index in [1.54, 1.807) is 12.1 Å². The highest BCUT2D eigenvalue weighted by Crippen LogP contribution is 2.16. The van der Waals surface area contributed by atoms with Crippen molar-refractivity contribution in [1.29, 1.82) is 0 Å². The van der Waals surface area contributed by atoms with Gasteiger partial charge in [0.2, 0.25) is 5.91 Å². The molecule has 2 aromatic carbocycles. The lowest BCUT2D eigenvalue weighted by Crippen LogP contribution is -2.15. The summed E-state index contributed by atoms with van der Waals surface area (Å²) in [6, 6.07) is 13.7. The van der Waals surface area contributed by atoms with Gasteiger partial charge in [-0.15, -0.1) is 0 Å². The molecule has 1 N–H and O–H groups in total. The van der Waals surface area contributed by atoms with E-state index in [2.05, 4.69) is 5.32 Å². The Morgan fingerprint density at radius 2 is 1.83 bits per heavy atom. The Hall–Kier alpha value is -2.34. The van der Waals surface area contributed by atoms with Crippen LogP contribution in [-0.2, 0) is 14.6 Å². The summed E-state index contributed by atoms with van der Waals surface area (Å²) in [7, 11) is -3.29. The molecule has 0 spiro atoms. The van der Waals surface area contributed by atoms with Crippen molar-refractivity contribution in [2.45, 2.75) is 18.2 Å². The van der Waals surface area contributed by atoms with Crippen molar-refractivity contribution in [2.75, 3.05) is 18.2 Å². The lowest BCUT2D eigenvalue weighted by molar-refractivity contribution is -0.116. The van der Waals surface area contributed by atoms with Crippen LogP contribution in [0.4, 0.5) is 5.69 Å². The number of anilines is 1. The highest BCUT2D eigenvalue weighted by molar-refractivity contribution is 7.90. The van der Waals surface area contributed by atoms with Gasteiger partial charge in [-0.3, -0.25) is 4.79 Å². The molecule has 0 aromatic heterocycles. The first-order valence-electron chi connectivity index (χ1n) is 7.14. The van der Waals surface area contributed by atoms with Crippen molar-refractivity contribution in [3.63, 3.8) is 0 Å². The van der Waals surface area contributed by atoms with Crippen LogP contribution in [0.15, 0.2) is 53.4 Å². The maximum absolute atomic E-state index is 11.9. The first kappa shape index (κ1) is 17.0. The summed E-state index contributed by atoms with van der Waals surface area (Å²) in [5.41, 5.74) is 1.59. The normalized spacial score (nSPS) is 11.0. The van der Waals surface area contributed by atoms with E-state index in [9.17, 15) is 13.2 Å². The zero-order valence-corrected chi connectivity index (χ0v) is 13.9. The lowest BCUT2D eigenvalue weighted by Gasteiger charge is -2.08. The maximum Gasteiger partial charge on any atom is 0.227 e. The fourth-order valence-electron chi connectivity index (χ4n) is 1.92. The zero-order valence-electron chi connectivity index (χ0n) is 13.1. The van der Waals surface area contributed by atoms with Gasteiger partial charge >= 0.3 is 0 Å². The second kappa shape index (κ2) is 7.28. The molecule has 122 valence electrons. The SMILES string of the molecule is Cc1ccc(OCCC(=O)Nc2cccc(S(C)(=O)=O)c2)cc1. The Morgan fingerprint density at radius 3 is 2.48 bits per heavy atom. The predicted molar refractivity (Wildman–Crippen MR) is 89.5 cm³/mol. The fourth-order valence-corrected chi connectivity index (χ4v) is 2.59. The van der Waals surface area contributed by atoms with Gasteiger partial charge in [-0.2, -0.15) is 0 Å². The molecule has 23 heavy (non-hydrogen) atoms. The van der Waals surface area contributed by atoms with Crippen molar-refractivity contribution in [3.05, 3.63) is 54.1 Å². The van der Waals surface area contributed by atoms with Crippen LogP contribution in [0.2, 0.25) is 0 Å². The highest BCUT2D eigenvalue weighted by Gasteiger charge is 2.09. The first-order valence-corrected chi connectivity index (χ1v) is 9.03. The third-order valence-corrected chi connectivity index (χ3v) is 4.28. The van der Waals surface area contributed by atoms with Crippen LogP contribution in [0.3, 0.4) is 0 Å². The molecule has 0 bridgehead atoms. The summed E-state index contributed by atoms with van der Waals surface area (Å²) in [5, 5.41) is 2.67. The number of sulfone groups is 1. The molecule has 0 unspecified atom stereocenters. The molecule has 0 radical (unpaired) electrons. The van der Waals surface area contributed by atoms with E-state index in [0.717, 1.165) is 11.8 Å². The Kier molecular flexibility index (Phi) is 5.39. The van der Waals surface area contributed by atoms with Crippen LogP contribution in [0, 0.1) is 6.92 Å². The quantitative estimate of drug-likeness (QED) is 0.882. The number of hydrogen-bond donors (Lipinski definition) is 1. The van der Waals surface area contributed by atoms with Crippen molar-refractivity contribution in [3.8, 4) is 5.75 Å². The molecule has 0 fully saturated rings. The third-order valence-electron chi connectivity index (χ3n) is 3.16. The third kappa shape index (κ3) is 5.41. The molecule has 0 aliphatic heterocycles. The van der Waals surface area contributed by atoms with E-state index in [1.807, 2.05) is 31.2 Å². The molecule has 1 amide bonds. The Balaban J connectivity index is 1.86. The molecule has 0 aliphatic rings. The number of nitrogens with one attached hydrogen (secondary N) is 1. The van der Waals surface area contributed by atoms with Gasteiger partial charge in [0.15, 0.2) is 9.84 Å². The van der Waals surface area contributed by atoms with Crippen LogP contribution in [-0.4, -0.2) is 27.2 Å².